The predicted octanol–water partition coefficient (Wildman–Crippen LogP) is 2.49. The number of carbonyl (C=O) groups is 2. The average Bonchev–Trinajstić information content (AvgIpc) is 3.19. The van der Waals surface area contributed by atoms with Crippen molar-refractivity contribution < 1.29 is 23.1 Å². The molecule has 2 aromatic carbocycles. The predicted molar refractivity (Wildman–Crippen MR) is 103 cm³/mol. The van der Waals surface area contributed by atoms with Crippen molar-refractivity contribution in [3.63, 3.8) is 0 Å². The van der Waals surface area contributed by atoms with Crippen molar-refractivity contribution in [1.29, 1.82) is 0 Å². The van der Waals surface area contributed by atoms with Gasteiger partial charge >= 0.3 is 11.8 Å². The minimum atomic E-state index is -0.701. The van der Waals surface area contributed by atoms with Crippen molar-refractivity contribution in [2.24, 2.45) is 0 Å². The summed E-state index contributed by atoms with van der Waals surface area (Å²) < 4.78 is 26.5. The fourth-order valence-corrected chi connectivity index (χ4v) is 3.30. The van der Waals surface area contributed by atoms with Gasteiger partial charge in [-0.25, -0.2) is 18.5 Å². The third-order valence-electron chi connectivity index (χ3n) is 4.67. The maximum absolute atomic E-state index is 14.9. The van der Waals surface area contributed by atoms with Crippen molar-refractivity contribution in [3.8, 4) is 5.69 Å². The molecule has 0 radical (unpaired) electrons. The van der Waals surface area contributed by atoms with Crippen molar-refractivity contribution in [1.82, 2.24) is 9.88 Å². The molecular formula is C20H18FN3O5. The first-order valence-corrected chi connectivity index (χ1v) is 8.98. The number of halogens is 1. The number of benzene rings is 2. The van der Waals surface area contributed by atoms with Gasteiger partial charge in [-0.05, 0) is 42.8 Å². The molecule has 150 valence electrons. The molecule has 1 saturated heterocycles. The van der Waals surface area contributed by atoms with E-state index in [1.165, 1.54) is 30.0 Å². The number of nitrogens with zero attached hydrogens (tertiary/aromatic N) is 2. The minimum absolute atomic E-state index is 0.0189. The molecule has 1 fully saturated rings. The van der Waals surface area contributed by atoms with E-state index in [-0.39, 0.29) is 24.7 Å². The Labute approximate surface area is 164 Å². The molecular weight excluding hydrogens is 381 g/mol. The lowest BCUT2D eigenvalue weighted by atomic mass is 10.2. The highest BCUT2D eigenvalue weighted by atomic mass is 19.1. The topological polar surface area (TPSA) is 93.8 Å². The SMILES string of the molecule is CC(=O)NC[C@H]1CN(c2ccc(-n3c(=O)oc4ccc(C)cc43)c(F)c2)C(=O)O1. The van der Waals surface area contributed by atoms with Crippen LogP contribution in [0.15, 0.2) is 45.6 Å². The van der Waals surface area contributed by atoms with E-state index in [0.717, 1.165) is 10.1 Å². The minimum Gasteiger partial charge on any atom is -0.442 e. The molecule has 0 bridgehead atoms. The van der Waals surface area contributed by atoms with Gasteiger partial charge in [0.25, 0.3) is 0 Å². The summed E-state index contributed by atoms with van der Waals surface area (Å²) in [4.78, 5) is 36.7. The third kappa shape index (κ3) is 3.46. The van der Waals surface area contributed by atoms with E-state index in [1.54, 1.807) is 18.2 Å². The zero-order chi connectivity index (χ0) is 20.7. The number of hydrogen-bond acceptors (Lipinski definition) is 5. The van der Waals surface area contributed by atoms with Crippen molar-refractivity contribution >= 4 is 28.8 Å². The fourth-order valence-electron chi connectivity index (χ4n) is 3.30. The lowest BCUT2D eigenvalue weighted by molar-refractivity contribution is -0.119. The molecule has 0 saturated carbocycles. The molecule has 4 rings (SSSR count). The van der Waals surface area contributed by atoms with E-state index >= 15 is 0 Å². The van der Waals surface area contributed by atoms with Crippen LogP contribution in [-0.4, -0.2) is 35.8 Å². The van der Waals surface area contributed by atoms with E-state index < -0.39 is 23.8 Å². The summed E-state index contributed by atoms with van der Waals surface area (Å²) in [6.45, 7) is 3.57. The lowest BCUT2D eigenvalue weighted by Gasteiger charge is -2.14. The third-order valence-corrected chi connectivity index (χ3v) is 4.67. The van der Waals surface area contributed by atoms with Gasteiger partial charge in [0, 0.05) is 6.92 Å². The van der Waals surface area contributed by atoms with Crippen LogP contribution in [0, 0.1) is 12.7 Å². The van der Waals surface area contributed by atoms with Crippen molar-refractivity contribution in [3.05, 3.63) is 58.3 Å². The Hall–Kier alpha value is -3.62. The first-order chi connectivity index (χ1) is 13.8. The van der Waals surface area contributed by atoms with Crippen LogP contribution in [0.4, 0.5) is 14.9 Å². The van der Waals surface area contributed by atoms with Crippen LogP contribution < -0.4 is 16.0 Å². The Kier molecular flexibility index (Phi) is 4.57. The van der Waals surface area contributed by atoms with Crippen LogP contribution in [-0.2, 0) is 9.53 Å². The molecule has 2 amide bonds. The molecule has 1 aliphatic heterocycles. The quantitative estimate of drug-likeness (QED) is 0.728. The number of nitrogens with one attached hydrogen (secondary N) is 1. The van der Waals surface area contributed by atoms with Gasteiger partial charge in [0.15, 0.2) is 5.58 Å². The zero-order valence-electron chi connectivity index (χ0n) is 15.8. The van der Waals surface area contributed by atoms with Gasteiger partial charge in [0.1, 0.15) is 11.9 Å². The Balaban J connectivity index is 1.65. The zero-order valence-corrected chi connectivity index (χ0v) is 15.8. The van der Waals surface area contributed by atoms with Crippen LogP contribution >= 0.6 is 0 Å². The summed E-state index contributed by atoms with van der Waals surface area (Å²) in [5, 5.41) is 2.58. The molecule has 29 heavy (non-hydrogen) atoms. The van der Waals surface area contributed by atoms with Gasteiger partial charge in [-0.1, -0.05) is 6.07 Å². The molecule has 1 aliphatic rings. The fraction of sp³-hybridized carbons (Fsp3) is 0.250. The van der Waals surface area contributed by atoms with Crippen LogP contribution in [0.3, 0.4) is 0 Å². The molecule has 3 aromatic rings. The van der Waals surface area contributed by atoms with Gasteiger partial charge in [-0.2, -0.15) is 0 Å². The average molecular weight is 399 g/mol. The number of aryl methyl sites for hydroxylation is 1. The van der Waals surface area contributed by atoms with E-state index in [2.05, 4.69) is 5.32 Å². The van der Waals surface area contributed by atoms with E-state index in [9.17, 15) is 18.8 Å². The first-order valence-electron chi connectivity index (χ1n) is 8.98. The number of fused-ring (bicyclic) bond motifs is 1. The maximum Gasteiger partial charge on any atom is 0.424 e. The summed E-state index contributed by atoms with van der Waals surface area (Å²) in [5.74, 6) is -1.62. The van der Waals surface area contributed by atoms with Crippen LogP contribution in [0.2, 0.25) is 0 Å². The molecule has 0 spiro atoms. The van der Waals surface area contributed by atoms with Crippen LogP contribution in [0.5, 0.6) is 0 Å². The summed E-state index contributed by atoms with van der Waals surface area (Å²) in [6, 6.07) is 9.30. The number of aromatic nitrogens is 1. The standard InChI is InChI=1S/C20H18FN3O5/c1-11-3-6-18-17(7-11)24(20(27)29-18)16-5-4-13(8-15(16)21)23-10-14(28-19(23)26)9-22-12(2)25/h3-8,14H,9-10H2,1-2H3,(H,22,25)/t14-/m0/s1. The molecule has 0 unspecified atom stereocenters. The second-order valence-corrected chi connectivity index (χ2v) is 6.86. The first kappa shape index (κ1) is 18.7. The molecule has 9 heteroatoms. The van der Waals surface area contributed by atoms with Crippen molar-refractivity contribution in [2.75, 3.05) is 18.0 Å². The van der Waals surface area contributed by atoms with Crippen LogP contribution in [0.25, 0.3) is 16.8 Å². The van der Waals surface area contributed by atoms with Crippen molar-refractivity contribution in [2.45, 2.75) is 20.0 Å². The number of oxazole rings is 1. The summed E-state index contributed by atoms with van der Waals surface area (Å²) in [7, 11) is 0. The summed E-state index contributed by atoms with van der Waals surface area (Å²) in [6.07, 6.45) is -1.16. The number of amides is 2. The Morgan fingerprint density at radius 2 is 2.03 bits per heavy atom. The summed E-state index contributed by atoms with van der Waals surface area (Å²) in [5.41, 5.74) is 2.02. The molecule has 1 aromatic heterocycles. The molecule has 1 N–H and O–H groups in total. The normalized spacial score (nSPS) is 16.3. The van der Waals surface area contributed by atoms with E-state index in [1.807, 2.05) is 6.92 Å². The highest BCUT2D eigenvalue weighted by Gasteiger charge is 2.33. The second kappa shape index (κ2) is 7.08. The number of ether oxygens (including phenoxy) is 1. The molecule has 0 aliphatic carbocycles. The maximum atomic E-state index is 14.9. The Bertz CT molecular complexity index is 1180. The molecule has 2 heterocycles. The monoisotopic (exact) mass is 399 g/mol. The number of rotatable bonds is 4. The van der Waals surface area contributed by atoms with E-state index in [4.69, 9.17) is 9.15 Å². The van der Waals surface area contributed by atoms with Gasteiger partial charge in [0.2, 0.25) is 5.91 Å². The van der Waals surface area contributed by atoms with E-state index in [0.29, 0.717) is 16.8 Å². The Morgan fingerprint density at radius 3 is 2.76 bits per heavy atom. The number of hydrogen-bond donors (Lipinski definition) is 1. The Morgan fingerprint density at radius 1 is 1.24 bits per heavy atom. The smallest absolute Gasteiger partial charge is 0.424 e. The highest BCUT2D eigenvalue weighted by molar-refractivity contribution is 5.90. The lowest BCUT2D eigenvalue weighted by Crippen LogP contribution is -2.33. The molecule has 8 nitrogen and oxygen atoms in total. The van der Waals surface area contributed by atoms with Gasteiger partial charge in [-0.3, -0.25) is 9.69 Å². The highest BCUT2D eigenvalue weighted by Crippen LogP contribution is 2.27. The van der Waals surface area contributed by atoms with Gasteiger partial charge in [-0.15, -0.1) is 0 Å². The number of cyclic esters (lactones) is 1. The summed E-state index contributed by atoms with van der Waals surface area (Å²) >= 11 is 0. The van der Waals surface area contributed by atoms with Gasteiger partial charge in [0.05, 0.1) is 30.0 Å². The second-order valence-electron chi connectivity index (χ2n) is 6.86. The molecule has 1 atom stereocenters. The number of carbonyl (C=O) groups excluding carboxylic acids is 2. The largest absolute Gasteiger partial charge is 0.442 e. The number of anilines is 1. The van der Waals surface area contributed by atoms with Crippen LogP contribution in [0.1, 0.15) is 12.5 Å². The van der Waals surface area contributed by atoms with Gasteiger partial charge < -0.3 is 14.5 Å².